The summed E-state index contributed by atoms with van der Waals surface area (Å²) in [6.07, 6.45) is -0.0362. The number of halogens is 1. The fourth-order valence-electron chi connectivity index (χ4n) is 2.95. The number of ketones is 1. The van der Waals surface area contributed by atoms with Gasteiger partial charge >= 0.3 is 5.97 Å². The SMILES string of the molecule is O=C(Cc1csc(-c2ccc(Cl)cc2)c1C(=O)O)c1cc2ccccc2o1. The highest BCUT2D eigenvalue weighted by Crippen LogP contribution is 2.34. The first-order valence-corrected chi connectivity index (χ1v) is 9.40. The van der Waals surface area contributed by atoms with Gasteiger partial charge in [0, 0.05) is 21.7 Å². The summed E-state index contributed by atoms with van der Waals surface area (Å²) in [7, 11) is 0. The van der Waals surface area contributed by atoms with Crippen LogP contribution in [0, 0.1) is 0 Å². The summed E-state index contributed by atoms with van der Waals surface area (Å²) in [5, 5.41) is 12.8. The van der Waals surface area contributed by atoms with Crippen LogP contribution < -0.4 is 0 Å². The highest BCUT2D eigenvalue weighted by Gasteiger charge is 2.23. The van der Waals surface area contributed by atoms with Gasteiger partial charge in [0.2, 0.25) is 5.78 Å². The second-order valence-electron chi connectivity index (χ2n) is 6.03. The van der Waals surface area contributed by atoms with Gasteiger partial charge in [-0.2, -0.15) is 0 Å². The molecule has 4 rings (SSSR count). The van der Waals surface area contributed by atoms with Crippen LogP contribution in [-0.2, 0) is 6.42 Å². The van der Waals surface area contributed by atoms with Gasteiger partial charge in [-0.25, -0.2) is 4.79 Å². The molecule has 2 heterocycles. The maximum Gasteiger partial charge on any atom is 0.337 e. The van der Waals surface area contributed by atoms with Gasteiger partial charge in [0.1, 0.15) is 5.58 Å². The van der Waals surface area contributed by atoms with E-state index in [4.69, 9.17) is 16.0 Å². The number of Topliss-reactive ketones (excluding diaryl/α,β-unsaturated/α-hetero) is 1. The molecule has 6 heteroatoms. The number of fused-ring (bicyclic) bond motifs is 1. The number of benzene rings is 2. The summed E-state index contributed by atoms with van der Waals surface area (Å²) in [5.41, 5.74) is 2.01. The van der Waals surface area contributed by atoms with E-state index in [1.165, 1.54) is 11.3 Å². The molecule has 2 aromatic heterocycles. The monoisotopic (exact) mass is 396 g/mol. The molecule has 0 atom stereocenters. The molecular formula is C21H13ClO4S. The highest BCUT2D eigenvalue weighted by molar-refractivity contribution is 7.14. The van der Waals surface area contributed by atoms with E-state index in [1.54, 1.807) is 41.8 Å². The standard InChI is InChI=1S/C21H13ClO4S/c22-15-7-5-12(6-8-15)20-19(21(24)25)14(11-27-20)9-16(23)18-10-13-3-1-2-4-17(13)26-18/h1-8,10-11H,9H2,(H,24,25). The van der Waals surface area contributed by atoms with Crippen LogP contribution in [0.3, 0.4) is 0 Å². The lowest BCUT2D eigenvalue weighted by molar-refractivity contribution is 0.0697. The maximum absolute atomic E-state index is 12.6. The molecule has 2 aromatic carbocycles. The van der Waals surface area contributed by atoms with Crippen molar-refractivity contribution in [2.24, 2.45) is 0 Å². The molecular weight excluding hydrogens is 384 g/mol. The van der Waals surface area contributed by atoms with Crippen molar-refractivity contribution < 1.29 is 19.1 Å². The lowest BCUT2D eigenvalue weighted by atomic mass is 10.0. The molecule has 0 bridgehead atoms. The number of rotatable bonds is 5. The minimum atomic E-state index is -1.06. The van der Waals surface area contributed by atoms with Crippen molar-refractivity contribution in [2.75, 3.05) is 0 Å². The Labute approximate surface area is 163 Å². The lowest BCUT2D eigenvalue weighted by Gasteiger charge is -2.03. The zero-order chi connectivity index (χ0) is 19.0. The first-order valence-electron chi connectivity index (χ1n) is 8.14. The minimum absolute atomic E-state index is 0.0362. The van der Waals surface area contributed by atoms with E-state index in [1.807, 2.05) is 18.2 Å². The van der Waals surface area contributed by atoms with E-state index in [2.05, 4.69) is 0 Å². The van der Waals surface area contributed by atoms with Crippen molar-refractivity contribution in [3.05, 3.63) is 81.9 Å². The van der Waals surface area contributed by atoms with Crippen molar-refractivity contribution in [3.8, 4) is 10.4 Å². The predicted octanol–water partition coefficient (Wildman–Crippen LogP) is 5.94. The Kier molecular flexibility index (Phi) is 4.56. The average molecular weight is 397 g/mol. The zero-order valence-electron chi connectivity index (χ0n) is 13.9. The average Bonchev–Trinajstić information content (AvgIpc) is 3.26. The summed E-state index contributed by atoms with van der Waals surface area (Å²) >= 11 is 7.21. The predicted molar refractivity (Wildman–Crippen MR) is 106 cm³/mol. The van der Waals surface area contributed by atoms with Gasteiger partial charge in [-0.3, -0.25) is 4.79 Å². The van der Waals surface area contributed by atoms with Crippen LogP contribution in [0.5, 0.6) is 0 Å². The van der Waals surface area contributed by atoms with Crippen LogP contribution >= 0.6 is 22.9 Å². The van der Waals surface area contributed by atoms with Crippen LogP contribution in [0.1, 0.15) is 26.5 Å². The molecule has 0 saturated carbocycles. The third-order valence-corrected chi connectivity index (χ3v) is 5.57. The van der Waals surface area contributed by atoms with E-state index in [0.717, 1.165) is 10.9 Å². The van der Waals surface area contributed by atoms with Gasteiger partial charge < -0.3 is 9.52 Å². The van der Waals surface area contributed by atoms with Crippen molar-refractivity contribution in [1.29, 1.82) is 0 Å². The van der Waals surface area contributed by atoms with Crippen LogP contribution in [0.4, 0.5) is 0 Å². The topological polar surface area (TPSA) is 67.5 Å². The van der Waals surface area contributed by atoms with E-state index in [0.29, 0.717) is 21.0 Å². The van der Waals surface area contributed by atoms with Crippen molar-refractivity contribution in [2.45, 2.75) is 6.42 Å². The van der Waals surface area contributed by atoms with E-state index < -0.39 is 5.97 Å². The zero-order valence-corrected chi connectivity index (χ0v) is 15.5. The molecule has 0 saturated heterocycles. The Morgan fingerprint density at radius 1 is 1.07 bits per heavy atom. The number of carbonyl (C=O) groups excluding carboxylic acids is 1. The third kappa shape index (κ3) is 3.39. The number of aromatic carboxylic acids is 1. The van der Waals surface area contributed by atoms with Gasteiger partial charge in [-0.1, -0.05) is 41.9 Å². The quantitative estimate of drug-likeness (QED) is 0.424. The smallest absolute Gasteiger partial charge is 0.337 e. The molecule has 4 aromatic rings. The number of carbonyl (C=O) groups is 2. The molecule has 0 aliphatic heterocycles. The van der Waals surface area contributed by atoms with Gasteiger partial charge in [0.15, 0.2) is 5.76 Å². The van der Waals surface area contributed by atoms with Crippen LogP contribution in [0.25, 0.3) is 21.4 Å². The molecule has 4 nitrogen and oxygen atoms in total. The first kappa shape index (κ1) is 17.5. The number of furan rings is 1. The fourth-order valence-corrected chi connectivity index (χ4v) is 4.15. The molecule has 0 radical (unpaired) electrons. The summed E-state index contributed by atoms with van der Waals surface area (Å²) in [6, 6.07) is 16.0. The molecule has 0 aliphatic rings. The van der Waals surface area contributed by atoms with Crippen LogP contribution in [0.15, 0.2) is 64.4 Å². The van der Waals surface area contributed by atoms with Crippen LogP contribution in [0.2, 0.25) is 5.02 Å². The van der Waals surface area contributed by atoms with E-state index >= 15 is 0 Å². The first-order chi connectivity index (χ1) is 13.0. The molecule has 0 fully saturated rings. The third-order valence-electron chi connectivity index (χ3n) is 4.24. The molecule has 134 valence electrons. The summed E-state index contributed by atoms with van der Waals surface area (Å²) < 4.78 is 5.60. The Hall–Kier alpha value is -2.89. The molecule has 0 unspecified atom stereocenters. The number of para-hydroxylation sites is 1. The van der Waals surface area contributed by atoms with Crippen LogP contribution in [-0.4, -0.2) is 16.9 Å². The van der Waals surface area contributed by atoms with E-state index in [9.17, 15) is 14.7 Å². The number of hydrogen-bond donors (Lipinski definition) is 1. The molecule has 1 N–H and O–H groups in total. The Morgan fingerprint density at radius 3 is 2.52 bits per heavy atom. The maximum atomic E-state index is 12.6. The number of thiophene rings is 1. The normalized spacial score (nSPS) is 11.0. The van der Waals surface area contributed by atoms with Gasteiger partial charge in [0.25, 0.3) is 0 Å². The Bertz CT molecular complexity index is 1120. The van der Waals surface area contributed by atoms with Gasteiger partial charge in [0.05, 0.1) is 5.56 Å². The van der Waals surface area contributed by atoms with E-state index in [-0.39, 0.29) is 23.5 Å². The van der Waals surface area contributed by atoms with Crippen molar-refractivity contribution >= 4 is 45.7 Å². The largest absolute Gasteiger partial charge is 0.478 e. The molecule has 0 aliphatic carbocycles. The Morgan fingerprint density at radius 2 is 1.81 bits per heavy atom. The highest BCUT2D eigenvalue weighted by atomic mass is 35.5. The number of carboxylic acids is 1. The van der Waals surface area contributed by atoms with Gasteiger partial charge in [-0.15, -0.1) is 11.3 Å². The summed E-state index contributed by atoms with van der Waals surface area (Å²) in [5.74, 6) is -1.09. The minimum Gasteiger partial charge on any atom is -0.478 e. The molecule has 0 spiro atoms. The summed E-state index contributed by atoms with van der Waals surface area (Å²) in [6.45, 7) is 0. The Balaban J connectivity index is 1.68. The fraction of sp³-hybridized carbons (Fsp3) is 0.0476. The van der Waals surface area contributed by atoms with Crippen molar-refractivity contribution in [1.82, 2.24) is 0 Å². The second-order valence-corrected chi connectivity index (χ2v) is 7.34. The van der Waals surface area contributed by atoms with Crippen molar-refractivity contribution in [3.63, 3.8) is 0 Å². The van der Waals surface area contributed by atoms with Gasteiger partial charge in [-0.05, 0) is 40.8 Å². The lowest BCUT2D eigenvalue weighted by Crippen LogP contribution is -2.07. The summed E-state index contributed by atoms with van der Waals surface area (Å²) in [4.78, 5) is 25.1. The second kappa shape index (κ2) is 7.02. The number of hydrogen-bond acceptors (Lipinski definition) is 4. The molecule has 27 heavy (non-hydrogen) atoms. The number of carboxylic acid groups (broad SMARTS) is 1. The molecule has 0 amide bonds.